The first-order chi connectivity index (χ1) is 17.0. The molecule has 2 N–H and O–H groups in total. The van der Waals surface area contributed by atoms with Gasteiger partial charge in [-0.05, 0) is 58.2 Å². The number of primary amides is 1. The number of carbonyl (C=O) groups is 3. The number of methoxy groups -OCH3 is 1. The minimum atomic E-state index is -0.774. The summed E-state index contributed by atoms with van der Waals surface area (Å²) >= 11 is 0. The van der Waals surface area contributed by atoms with Gasteiger partial charge in [0.25, 0.3) is 11.8 Å². The molecule has 200 valence electrons. The highest BCUT2D eigenvalue weighted by Gasteiger charge is 2.42. The lowest BCUT2D eigenvalue weighted by molar-refractivity contribution is -0.151. The number of nitrogens with two attached hydrogens (primary N) is 1. The van der Waals surface area contributed by atoms with Crippen molar-refractivity contribution < 1.29 is 33.3 Å². The number of hydrogen-bond donors (Lipinski definition) is 1. The second-order valence-corrected chi connectivity index (χ2v) is 10.3. The monoisotopic (exact) mass is 505 g/mol. The summed E-state index contributed by atoms with van der Waals surface area (Å²) in [6, 6.07) is 5.00. The van der Waals surface area contributed by atoms with E-state index in [1.54, 1.807) is 25.3 Å². The number of rotatable bonds is 10. The molecule has 1 aromatic rings. The molecule has 3 rings (SSSR count). The van der Waals surface area contributed by atoms with Gasteiger partial charge < -0.3 is 34.5 Å². The maximum Gasteiger partial charge on any atom is 0.410 e. The fraction of sp³-hybridized carbons (Fsp3) is 0.654. The van der Waals surface area contributed by atoms with E-state index in [1.165, 1.54) is 4.90 Å². The topological polar surface area (TPSA) is 121 Å². The zero-order valence-corrected chi connectivity index (χ0v) is 22.0. The molecule has 1 aliphatic carbocycles. The van der Waals surface area contributed by atoms with Crippen molar-refractivity contribution in [2.24, 2.45) is 5.73 Å². The van der Waals surface area contributed by atoms with Gasteiger partial charge in [0.2, 0.25) is 0 Å². The molecule has 10 nitrogen and oxygen atoms in total. The Bertz CT molecular complexity index is 942. The molecule has 1 saturated heterocycles. The van der Waals surface area contributed by atoms with Gasteiger partial charge in [-0.25, -0.2) is 4.79 Å². The van der Waals surface area contributed by atoms with Crippen LogP contribution >= 0.6 is 0 Å². The van der Waals surface area contributed by atoms with Crippen LogP contribution in [0.15, 0.2) is 18.2 Å². The lowest BCUT2D eigenvalue weighted by Gasteiger charge is -2.38. The third-order valence-corrected chi connectivity index (χ3v) is 6.11. The molecule has 10 heteroatoms. The number of morpholine rings is 1. The van der Waals surface area contributed by atoms with Gasteiger partial charge in [-0.1, -0.05) is 6.07 Å². The molecule has 1 unspecified atom stereocenters. The van der Waals surface area contributed by atoms with E-state index in [1.807, 2.05) is 32.6 Å². The van der Waals surface area contributed by atoms with E-state index in [0.29, 0.717) is 31.9 Å². The first-order valence-electron chi connectivity index (χ1n) is 12.5. The summed E-state index contributed by atoms with van der Waals surface area (Å²) in [6.45, 7) is 9.04. The van der Waals surface area contributed by atoms with E-state index in [4.69, 9.17) is 24.7 Å². The van der Waals surface area contributed by atoms with Crippen molar-refractivity contribution in [1.82, 2.24) is 9.80 Å². The molecular weight excluding hydrogens is 466 g/mol. The van der Waals surface area contributed by atoms with E-state index in [-0.39, 0.29) is 36.7 Å². The first kappa shape index (κ1) is 27.7. The summed E-state index contributed by atoms with van der Waals surface area (Å²) in [4.78, 5) is 41.5. The van der Waals surface area contributed by atoms with Gasteiger partial charge in [-0.3, -0.25) is 9.59 Å². The minimum Gasteiger partial charge on any atom is -0.493 e. The van der Waals surface area contributed by atoms with Crippen LogP contribution < -0.4 is 10.5 Å². The van der Waals surface area contributed by atoms with Crippen molar-refractivity contribution in [3.63, 3.8) is 0 Å². The molecule has 1 heterocycles. The number of hydrogen-bond acceptors (Lipinski definition) is 7. The van der Waals surface area contributed by atoms with Crippen molar-refractivity contribution >= 4 is 17.9 Å². The van der Waals surface area contributed by atoms with Gasteiger partial charge in [-0.15, -0.1) is 0 Å². The Labute approximate surface area is 213 Å². The van der Waals surface area contributed by atoms with Gasteiger partial charge in [0, 0.05) is 32.7 Å². The fourth-order valence-corrected chi connectivity index (χ4v) is 4.16. The molecule has 0 aromatic heterocycles. The van der Waals surface area contributed by atoms with E-state index in [0.717, 1.165) is 18.4 Å². The van der Waals surface area contributed by atoms with Crippen LogP contribution in [0.5, 0.6) is 5.75 Å². The Morgan fingerprint density at radius 2 is 1.94 bits per heavy atom. The zero-order valence-electron chi connectivity index (χ0n) is 22.0. The highest BCUT2D eigenvalue weighted by atomic mass is 16.6. The molecule has 2 atom stereocenters. The normalized spacial score (nSPS) is 18.9. The summed E-state index contributed by atoms with van der Waals surface area (Å²) in [5, 5.41) is 0. The maximum absolute atomic E-state index is 13.7. The van der Waals surface area contributed by atoms with Crippen LogP contribution in [0.4, 0.5) is 4.79 Å². The second kappa shape index (κ2) is 11.9. The van der Waals surface area contributed by atoms with Crippen LogP contribution in [0, 0.1) is 0 Å². The lowest BCUT2D eigenvalue weighted by Crippen LogP contribution is -2.54. The van der Waals surface area contributed by atoms with E-state index in [2.05, 4.69) is 0 Å². The van der Waals surface area contributed by atoms with Crippen molar-refractivity contribution in [1.29, 1.82) is 0 Å². The highest BCUT2D eigenvalue weighted by Crippen LogP contribution is 2.37. The Morgan fingerprint density at radius 1 is 1.22 bits per heavy atom. The van der Waals surface area contributed by atoms with Gasteiger partial charge in [-0.2, -0.15) is 0 Å². The van der Waals surface area contributed by atoms with Crippen molar-refractivity contribution in [3.8, 4) is 5.75 Å². The van der Waals surface area contributed by atoms with Crippen LogP contribution in [0.3, 0.4) is 0 Å². The number of benzene rings is 1. The maximum atomic E-state index is 13.7. The molecule has 2 fully saturated rings. The molecular formula is C26H39N3O7. The van der Waals surface area contributed by atoms with Crippen LogP contribution in [0.2, 0.25) is 0 Å². The summed E-state index contributed by atoms with van der Waals surface area (Å²) in [5.41, 5.74) is 6.03. The quantitative estimate of drug-likeness (QED) is 0.486. The Hall–Kier alpha value is -2.85. The third kappa shape index (κ3) is 7.33. The second-order valence-electron chi connectivity index (χ2n) is 10.3. The molecule has 1 saturated carbocycles. The van der Waals surface area contributed by atoms with Crippen molar-refractivity contribution in [2.75, 3.05) is 40.0 Å². The largest absolute Gasteiger partial charge is 0.493 e. The van der Waals surface area contributed by atoms with Gasteiger partial charge >= 0.3 is 6.09 Å². The summed E-state index contributed by atoms with van der Waals surface area (Å²) in [5.74, 6) is -0.361. The summed E-state index contributed by atoms with van der Waals surface area (Å²) in [7, 11) is 1.61. The van der Waals surface area contributed by atoms with Gasteiger partial charge in [0.05, 0.1) is 31.4 Å². The Kier molecular flexibility index (Phi) is 9.19. The standard InChI is InChI=1S/C26H39N3O7/c1-17(18-7-10-20(23(27)30)21(15-18)34-13-6-12-33-5)29(19-8-9-19)24(31)22-16-28(11-14-35-22)25(32)36-26(2,3)4/h7,10,15,17,19,22H,6,8-9,11-14,16H2,1-5H3,(H2,27,30)/t17?,22-/m1/s1. The molecule has 36 heavy (non-hydrogen) atoms. The number of carbonyl (C=O) groups excluding carboxylic acids is 3. The molecule has 2 aliphatic rings. The van der Waals surface area contributed by atoms with E-state index >= 15 is 0 Å². The molecule has 0 spiro atoms. The third-order valence-electron chi connectivity index (χ3n) is 6.11. The van der Waals surface area contributed by atoms with Crippen LogP contribution in [0.25, 0.3) is 0 Å². The predicted molar refractivity (Wildman–Crippen MR) is 133 cm³/mol. The predicted octanol–water partition coefficient (Wildman–Crippen LogP) is 2.89. The Morgan fingerprint density at radius 3 is 2.56 bits per heavy atom. The van der Waals surface area contributed by atoms with Crippen molar-refractivity contribution in [3.05, 3.63) is 29.3 Å². The van der Waals surface area contributed by atoms with Crippen LogP contribution in [-0.4, -0.2) is 85.5 Å². The van der Waals surface area contributed by atoms with Crippen molar-refractivity contribution in [2.45, 2.75) is 70.7 Å². The number of nitrogens with zero attached hydrogens (tertiary/aromatic N) is 2. The molecule has 3 amide bonds. The minimum absolute atomic E-state index is 0.0925. The SMILES string of the molecule is COCCCOc1cc(C(C)N(C(=O)[C@H]2CN(C(=O)OC(C)(C)C)CCO2)C2CC2)ccc1C(N)=O. The number of amides is 3. The molecule has 0 radical (unpaired) electrons. The average Bonchev–Trinajstić information content (AvgIpc) is 3.65. The average molecular weight is 506 g/mol. The Balaban J connectivity index is 1.76. The molecule has 0 bridgehead atoms. The van der Waals surface area contributed by atoms with Crippen LogP contribution in [-0.2, 0) is 19.0 Å². The van der Waals surface area contributed by atoms with Gasteiger partial charge in [0.1, 0.15) is 11.4 Å². The van der Waals surface area contributed by atoms with E-state index in [9.17, 15) is 14.4 Å². The van der Waals surface area contributed by atoms with E-state index < -0.39 is 23.7 Å². The fourth-order valence-electron chi connectivity index (χ4n) is 4.16. The zero-order chi connectivity index (χ0) is 26.5. The molecule has 1 aromatic carbocycles. The smallest absolute Gasteiger partial charge is 0.410 e. The van der Waals surface area contributed by atoms with Gasteiger partial charge in [0.15, 0.2) is 6.10 Å². The summed E-state index contributed by atoms with van der Waals surface area (Å²) < 4.78 is 22.2. The highest BCUT2D eigenvalue weighted by molar-refractivity contribution is 5.95. The first-order valence-corrected chi connectivity index (χ1v) is 12.5. The lowest BCUT2D eigenvalue weighted by atomic mass is 10.0. The number of ether oxygens (including phenoxy) is 4. The summed E-state index contributed by atoms with van der Waals surface area (Å²) in [6.07, 6.45) is 1.24. The molecule has 1 aliphatic heterocycles. The van der Waals surface area contributed by atoms with Crippen LogP contribution in [0.1, 0.15) is 68.9 Å².